The number of para-hydroxylation sites is 1. The van der Waals surface area contributed by atoms with E-state index >= 15 is 0 Å². The van der Waals surface area contributed by atoms with Gasteiger partial charge in [-0.05, 0) is 12.1 Å². The maximum Gasteiger partial charge on any atom is 0.197 e. The molecule has 0 aliphatic carbocycles. The molecule has 0 aliphatic rings. The van der Waals surface area contributed by atoms with Crippen molar-refractivity contribution < 1.29 is 0 Å². The molecule has 90 valence electrons. The monoisotopic (exact) mass is 249 g/mol. The maximum atomic E-state index is 6.01. The van der Waals surface area contributed by atoms with Gasteiger partial charge in [0.05, 0.1) is 10.7 Å². The predicted octanol–water partition coefficient (Wildman–Crippen LogP) is 2.96. The molecule has 17 heavy (non-hydrogen) atoms. The summed E-state index contributed by atoms with van der Waals surface area (Å²) in [6, 6.07) is 7.31. The van der Waals surface area contributed by atoms with E-state index in [1.807, 2.05) is 23.1 Å². The molecule has 0 saturated carbocycles. The van der Waals surface area contributed by atoms with Crippen molar-refractivity contribution in [1.29, 1.82) is 0 Å². The summed E-state index contributed by atoms with van der Waals surface area (Å²) in [5.41, 5.74) is 6.57. The van der Waals surface area contributed by atoms with Gasteiger partial charge in [-0.15, -0.1) is 13.2 Å². The largest absolute Gasteiger partial charge is 0.369 e. The first-order valence-corrected chi connectivity index (χ1v) is 5.62. The van der Waals surface area contributed by atoms with Crippen LogP contribution in [0.3, 0.4) is 0 Å². The van der Waals surface area contributed by atoms with Gasteiger partial charge in [0.2, 0.25) is 0 Å². The minimum atomic E-state index is 0.401. The Morgan fingerprint density at radius 2 is 1.88 bits per heavy atom. The van der Waals surface area contributed by atoms with Crippen molar-refractivity contribution in [3.63, 3.8) is 0 Å². The number of nitrogens with two attached hydrogens (primary N) is 1. The lowest BCUT2D eigenvalue weighted by Crippen LogP contribution is -2.37. The Labute approximate surface area is 107 Å². The molecule has 0 unspecified atom stereocenters. The van der Waals surface area contributed by atoms with Gasteiger partial charge in [-0.1, -0.05) is 35.9 Å². The van der Waals surface area contributed by atoms with Gasteiger partial charge in [0.15, 0.2) is 5.96 Å². The Morgan fingerprint density at radius 1 is 1.29 bits per heavy atom. The molecule has 0 saturated heterocycles. The molecule has 1 aromatic carbocycles. The highest BCUT2D eigenvalue weighted by atomic mass is 35.5. The standard InChI is InChI=1S/C13H16ClN3/c1-3-9-17(10-4-2)13(15)16-12-8-6-5-7-11(12)14/h3-8H,1-2,9-10H2,(H2,15,16). The van der Waals surface area contributed by atoms with Crippen LogP contribution in [0, 0.1) is 0 Å². The molecule has 3 nitrogen and oxygen atoms in total. The number of aliphatic imine (C=N–C) groups is 1. The minimum Gasteiger partial charge on any atom is -0.369 e. The average molecular weight is 250 g/mol. The van der Waals surface area contributed by atoms with E-state index in [0.717, 1.165) is 0 Å². The van der Waals surface area contributed by atoms with E-state index < -0.39 is 0 Å². The van der Waals surface area contributed by atoms with Crippen molar-refractivity contribution >= 4 is 23.2 Å². The van der Waals surface area contributed by atoms with Crippen LogP contribution in [-0.4, -0.2) is 23.9 Å². The number of benzene rings is 1. The van der Waals surface area contributed by atoms with Crippen LogP contribution in [0.15, 0.2) is 54.6 Å². The van der Waals surface area contributed by atoms with Crippen molar-refractivity contribution in [3.8, 4) is 0 Å². The summed E-state index contributed by atoms with van der Waals surface area (Å²) >= 11 is 6.01. The van der Waals surface area contributed by atoms with E-state index in [1.54, 1.807) is 18.2 Å². The third-order valence-electron chi connectivity index (χ3n) is 2.11. The van der Waals surface area contributed by atoms with Crippen LogP contribution in [0.25, 0.3) is 0 Å². The Hall–Kier alpha value is -1.74. The van der Waals surface area contributed by atoms with E-state index in [4.69, 9.17) is 17.3 Å². The highest BCUT2D eigenvalue weighted by Crippen LogP contribution is 2.23. The van der Waals surface area contributed by atoms with Crippen molar-refractivity contribution in [2.75, 3.05) is 13.1 Å². The van der Waals surface area contributed by atoms with E-state index in [9.17, 15) is 0 Å². The van der Waals surface area contributed by atoms with Gasteiger partial charge in [-0.25, -0.2) is 4.99 Å². The Kier molecular flexibility index (Phi) is 5.30. The lowest BCUT2D eigenvalue weighted by molar-refractivity contribution is 0.508. The van der Waals surface area contributed by atoms with Crippen LogP contribution in [-0.2, 0) is 0 Å². The van der Waals surface area contributed by atoms with Crippen LogP contribution < -0.4 is 5.73 Å². The van der Waals surface area contributed by atoms with E-state index in [0.29, 0.717) is 29.8 Å². The van der Waals surface area contributed by atoms with Gasteiger partial charge in [-0.2, -0.15) is 0 Å². The summed E-state index contributed by atoms with van der Waals surface area (Å²) in [4.78, 5) is 6.14. The van der Waals surface area contributed by atoms with Gasteiger partial charge >= 0.3 is 0 Å². The summed E-state index contributed by atoms with van der Waals surface area (Å²) in [7, 11) is 0. The SMILES string of the molecule is C=CCN(CC=C)C(N)=Nc1ccccc1Cl. The van der Waals surface area contributed by atoms with Gasteiger partial charge in [0, 0.05) is 13.1 Å². The number of halogens is 1. The first-order chi connectivity index (χ1) is 8.19. The number of hydrogen-bond donors (Lipinski definition) is 1. The third-order valence-corrected chi connectivity index (χ3v) is 2.43. The normalized spacial score (nSPS) is 11.0. The first kappa shape index (κ1) is 13.3. The second-order valence-electron chi connectivity index (χ2n) is 3.40. The third kappa shape index (κ3) is 3.96. The van der Waals surface area contributed by atoms with Crippen LogP contribution in [0.5, 0.6) is 0 Å². The van der Waals surface area contributed by atoms with Gasteiger partial charge in [-0.3, -0.25) is 0 Å². The zero-order valence-electron chi connectivity index (χ0n) is 9.64. The van der Waals surface area contributed by atoms with Gasteiger partial charge in [0.1, 0.15) is 0 Å². The molecule has 0 heterocycles. The molecule has 2 N–H and O–H groups in total. The number of guanidine groups is 1. The molecule has 0 spiro atoms. The Morgan fingerprint density at radius 3 is 2.41 bits per heavy atom. The molecule has 0 fully saturated rings. The summed E-state index contributed by atoms with van der Waals surface area (Å²) in [6.07, 6.45) is 3.52. The summed E-state index contributed by atoms with van der Waals surface area (Å²) in [6.45, 7) is 8.59. The molecule has 1 rings (SSSR count). The van der Waals surface area contributed by atoms with Crippen molar-refractivity contribution in [1.82, 2.24) is 4.90 Å². The van der Waals surface area contributed by atoms with Gasteiger partial charge in [0.25, 0.3) is 0 Å². The first-order valence-electron chi connectivity index (χ1n) is 5.24. The quantitative estimate of drug-likeness (QED) is 0.495. The average Bonchev–Trinajstić information content (AvgIpc) is 2.32. The van der Waals surface area contributed by atoms with E-state index in [2.05, 4.69) is 18.2 Å². The summed E-state index contributed by atoms with van der Waals surface area (Å²) in [5, 5.41) is 0.576. The smallest absolute Gasteiger partial charge is 0.197 e. The fourth-order valence-electron chi connectivity index (χ4n) is 1.31. The summed E-state index contributed by atoms with van der Waals surface area (Å²) < 4.78 is 0. The molecular formula is C13H16ClN3. The molecule has 0 radical (unpaired) electrons. The highest BCUT2D eigenvalue weighted by molar-refractivity contribution is 6.33. The lowest BCUT2D eigenvalue weighted by Gasteiger charge is -2.20. The Balaban J connectivity index is 2.92. The van der Waals surface area contributed by atoms with E-state index in [-0.39, 0.29) is 0 Å². The summed E-state index contributed by atoms with van der Waals surface area (Å²) in [5.74, 6) is 0.401. The van der Waals surface area contributed by atoms with Crippen LogP contribution in [0.2, 0.25) is 5.02 Å². The zero-order valence-corrected chi connectivity index (χ0v) is 10.4. The van der Waals surface area contributed by atoms with Crippen molar-refractivity contribution in [3.05, 3.63) is 54.6 Å². The second kappa shape index (κ2) is 6.76. The van der Waals surface area contributed by atoms with E-state index in [1.165, 1.54) is 0 Å². The van der Waals surface area contributed by atoms with Crippen molar-refractivity contribution in [2.45, 2.75) is 0 Å². The minimum absolute atomic E-state index is 0.401. The van der Waals surface area contributed by atoms with Crippen molar-refractivity contribution in [2.24, 2.45) is 10.7 Å². The Bertz CT molecular complexity index is 416. The van der Waals surface area contributed by atoms with Crippen LogP contribution in [0.4, 0.5) is 5.69 Å². The van der Waals surface area contributed by atoms with Gasteiger partial charge < -0.3 is 10.6 Å². The highest BCUT2D eigenvalue weighted by Gasteiger charge is 2.05. The molecule has 0 atom stereocenters. The molecule has 0 bridgehead atoms. The zero-order chi connectivity index (χ0) is 12.7. The second-order valence-corrected chi connectivity index (χ2v) is 3.81. The molecule has 1 aromatic rings. The molecule has 0 aliphatic heterocycles. The maximum absolute atomic E-state index is 6.01. The fraction of sp³-hybridized carbons (Fsp3) is 0.154. The number of rotatable bonds is 5. The fourth-order valence-corrected chi connectivity index (χ4v) is 1.49. The van der Waals surface area contributed by atoms with Crippen LogP contribution >= 0.6 is 11.6 Å². The molecule has 0 amide bonds. The molecule has 0 aromatic heterocycles. The lowest BCUT2D eigenvalue weighted by atomic mass is 10.3. The topological polar surface area (TPSA) is 41.6 Å². The van der Waals surface area contributed by atoms with Crippen LogP contribution in [0.1, 0.15) is 0 Å². The molecular weight excluding hydrogens is 234 g/mol. The number of nitrogens with zero attached hydrogens (tertiary/aromatic N) is 2. The predicted molar refractivity (Wildman–Crippen MR) is 74.7 cm³/mol. The molecule has 4 heteroatoms. The number of hydrogen-bond acceptors (Lipinski definition) is 1.